The van der Waals surface area contributed by atoms with Crippen LogP contribution in [0, 0.1) is 5.41 Å². The van der Waals surface area contributed by atoms with Gasteiger partial charge < -0.3 is 14.9 Å². The van der Waals surface area contributed by atoms with Crippen molar-refractivity contribution in [2.75, 3.05) is 0 Å². The van der Waals surface area contributed by atoms with Gasteiger partial charge in [-0.05, 0) is 20.3 Å². The van der Waals surface area contributed by atoms with Crippen LogP contribution in [0.2, 0.25) is 0 Å². The molecule has 6 nitrogen and oxygen atoms in total. The van der Waals surface area contributed by atoms with Crippen molar-refractivity contribution in [1.29, 1.82) is 0 Å². The molecule has 0 saturated heterocycles. The molecule has 0 radical (unpaired) electrons. The molecule has 2 N–H and O–H groups in total. The molecule has 0 bridgehead atoms. The molecule has 0 aliphatic carbocycles. The Bertz CT molecular complexity index is 361. The third kappa shape index (κ3) is 2.46. The average molecular weight is 244 g/mol. The molecule has 2 atom stereocenters. The first kappa shape index (κ1) is 15.2. The zero-order valence-electron chi connectivity index (χ0n) is 10.0. The van der Waals surface area contributed by atoms with E-state index < -0.39 is 28.9 Å². The molecule has 0 rings (SSSR count). The lowest BCUT2D eigenvalue weighted by Gasteiger charge is -2.38. The van der Waals surface area contributed by atoms with Gasteiger partial charge in [0.05, 0.1) is 0 Å². The predicted molar refractivity (Wildman–Crippen MR) is 58.4 cm³/mol. The molecule has 0 saturated carbocycles. The lowest BCUT2D eigenvalue weighted by molar-refractivity contribution is -0.197. The van der Waals surface area contributed by atoms with Crippen molar-refractivity contribution in [1.82, 2.24) is 0 Å². The van der Waals surface area contributed by atoms with E-state index in [-0.39, 0.29) is 6.42 Å². The molecule has 96 valence electrons. The number of ether oxygens (including phenoxy) is 1. The van der Waals surface area contributed by atoms with Crippen LogP contribution in [0.25, 0.3) is 0 Å². The molecule has 2 unspecified atom stereocenters. The summed E-state index contributed by atoms with van der Waals surface area (Å²) in [5.41, 5.74) is -3.88. The van der Waals surface area contributed by atoms with Crippen LogP contribution in [-0.4, -0.2) is 33.7 Å². The van der Waals surface area contributed by atoms with Crippen LogP contribution in [0.5, 0.6) is 0 Å². The maximum absolute atomic E-state index is 11.2. The summed E-state index contributed by atoms with van der Waals surface area (Å²) in [5, 5.41) is 18.2. The summed E-state index contributed by atoms with van der Waals surface area (Å²) in [4.78, 5) is 33.5. The van der Waals surface area contributed by atoms with E-state index in [4.69, 9.17) is 14.9 Å². The minimum absolute atomic E-state index is 0.00441. The molecule has 0 aromatic carbocycles. The quantitative estimate of drug-likeness (QED) is 0.535. The number of hydrogen-bond donors (Lipinski definition) is 2. The van der Waals surface area contributed by atoms with Crippen molar-refractivity contribution < 1.29 is 29.3 Å². The van der Waals surface area contributed by atoms with E-state index in [9.17, 15) is 14.4 Å². The zero-order chi connectivity index (χ0) is 13.9. The van der Waals surface area contributed by atoms with E-state index >= 15 is 0 Å². The van der Waals surface area contributed by atoms with E-state index in [1.807, 2.05) is 0 Å². The van der Waals surface area contributed by atoms with Crippen LogP contribution in [0.4, 0.5) is 0 Å². The van der Waals surface area contributed by atoms with Crippen LogP contribution in [0.15, 0.2) is 12.7 Å². The first-order valence-electron chi connectivity index (χ1n) is 4.98. The zero-order valence-corrected chi connectivity index (χ0v) is 10.0. The molecular weight excluding hydrogens is 228 g/mol. The Morgan fingerprint density at radius 2 is 1.71 bits per heavy atom. The third-order valence-corrected chi connectivity index (χ3v) is 3.11. The highest BCUT2D eigenvalue weighted by Crippen LogP contribution is 2.38. The highest BCUT2D eigenvalue weighted by molar-refractivity contribution is 5.92. The van der Waals surface area contributed by atoms with Crippen molar-refractivity contribution in [2.24, 2.45) is 5.41 Å². The molecule has 0 aromatic rings. The Kier molecular flexibility index (Phi) is 4.44. The van der Waals surface area contributed by atoms with Gasteiger partial charge >= 0.3 is 17.9 Å². The van der Waals surface area contributed by atoms with Gasteiger partial charge in [0.15, 0.2) is 0 Å². The Balaban J connectivity index is 5.62. The summed E-state index contributed by atoms with van der Waals surface area (Å²) in [5.74, 6) is -3.84. The van der Waals surface area contributed by atoms with Gasteiger partial charge in [-0.2, -0.15) is 0 Å². The second kappa shape index (κ2) is 4.99. The number of aliphatic carboxylic acids is 2. The fourth-order valence-electron chi connectivity index (χ4n) is 1.33. The molecule has 0 fully saturated rings. The van der Waals surface area contributed by atoms with E-state index in [1.54, 1.807) is 0 Å². The lowest BCUT2D eigenvalue weighted by Crippen LogP contribution is -2.57. The third-order valence-electron chi connectivity index (χ3n) is 3.11. The molecule has 0 amide bonds. The molecule has 17 heavy (non-hydrogen) atoms. The summed E-state index contributed by atoms with van der Waals surface area (Å²) in [6.07, 6.45) is 0.786. The van der Waals surface area contributed by atoms with Crippen LogP contribution in [0.1, 0.15) is 27.2 Å². The highest BCUT2D eigenvalue weighted by Gasteiger charge is 2.57. The minimum atomic E-state index is -2.15. The van der Waals surface area contributed by atoms with Crippen molar-refractivity contribution in [3.63, 3.8) is 0 Å². The van der Waals surface area contributed by atoms with E-state index in [2.05, 4.69) is 6.58 Å². The standard InChI is InChI=1S/C11H16O6/c1-5-7(12)17-11(4,9(15)16)10(3,6-2)8(13)14/h5H,1,6H2,2-4H3,(H,13,14)(H,15,16). The predicted octanol–water partition coefficient (Wildman–Crippen LogP) is 1.06. The largest absolute Gasteiger partial charge is 0.481 e. The number of carboxylic acid groups (broad SMARTS) is 2. The number of carbonyl (C=O) groups excluding carboxylic acids is 1. The number of hydrogen-bond acceptors (Lipinski definition) is 4. The van der Waals surface area contributed by atoms with Gasteiger partial charge in [-0.25, -0.2) is 9.59 Å². The summed E-state index contributed by atoms with van der Waals surface area (Å²) >= 11 is 0. The summed E-state index contributed by atoms with van der Waals surface area (Å²) in [6.45, 7) is 6.94. The van der Waals surface area contributed by atoms with Crippen molar-refractivity contribution in [2.45, 2.75) is 32.8 Å². The fourth-order valence-corrected chi connectivity index (χ4v) is 1.33. The van der Waals surface area contributed by atoms with Crippen molar-refractivity contribution in [3.05, 3.63) is 12.7 Å². The lowest BCUT2D eigenvalue weighted by atomic mass is 9.72. The van der Waals surface area contributed by atoms with Gasteiger partial charge in [0, 0.05) is 6.08 Å². The van der Waals surface area contributed by atoms with Gasteiger partial charge in [-0.15, -0.1) is 0 Å². The molecule has 0 aromatic heterocycles. The second-order valence-electron chi connectivity index (χ2n) is 3.95. The second-order valence-corrected chi connectivity index (χ2v) is 3.95. The number of esters is 1. The fraction of sp³-hybridized carbons (Fsp3) is 0.545. The molecular formula is C11H16O6. The van der Waals surface area contributed by atoms with Crippen LogP contribution < -0.4 is 0 Å². The van der Waals surface area contributed by atoms with Gasteiger partial charge in [0.25, 0.3) is 0 Å². The van der Waals surface area contributed by atoms with Gasteiger partial charge in [0.1, 0.15) is 5.41 Å². The van der Waals surface area contributed by atoms with Crippen LogP contribution >= 0.6 is 0 Å². The van der Waals surface area contributed by atoms with E-state index in [0.29, 0.717) is 0 Å². The Labute approximate surface area is 98.9 Å². The van der Waals surface area contributed by atoms with E-state index in [0.717, 1.165) is 13.0 Å². The molecule has 0 aliphatic rings. The first-order valence-corrected chi connectivity index (χ1v) is 4.98. The first-order chi connectivity index (χ1) is 7.65. The van der Waals surface area contributed by atoms with Crippen molar-refractivity contribution >= 4 is 17.9 Å². The van der Waals surface area contributed by atoms with E-state index in [1.165, 1.54) is 13.8 Å². The van der Waals surface area contributed by atoms with Crippen molar-refractivity contribution in [3.8, 4) is 0 Å². The number of rotatable bonds is 6. The highest BCUT2D eigenvalue weighted by atomic mass is 16.6. The number of carbonyl (C=O) groups is 3. The topological polar surface area (TPSA) is 101 Å². The minimum Gasteiger partial charge on any atom is -0.481 e. The maximum atomic E-state index is 11.2. The van der Waals surface area contributed by atoms with Gasteiger partial charge in [-0.3, -0.25) is 4.79 Å². The summed E-state index contributed by atoms with van der Waals surface area (Å²) in [7, 11) is 0. The molecule has 0 spiro atoms. The Morgan fingerprint density at radius 3 is 1.94 bits per heavy atom. The Hall–Kier alpha value is -1.85. The molecule has 0 aliphatic heterocycles. The summed E-state index contributed by atoms with van der Waals surface area (Å²) in [6, 6.07) is 0. The number of carboxylic acids is 2. The van der Waals surface area contributed by atoms with Gasteiger partial charge in [0.2, 0.25) is 5.60 Å². The SMILES string of the molecule is C=CC(=O)OC(C)(C(=O)O)C(C)(CC)C(=O)O. The van der Waals surface area contributed by atoms with Crippen LogP contribution in [0.3, 0.4) is 0 Å². The summed E-state index contributed by atoms with van der Waals surface area (Å²) < 4.78 is 4.73. The molecule has 6 heteroatoms. The van der Waals surface area contributed by atoms with Crippen LogP contribution in [-0.2, 0) is 19.1 Å². The normalized spacial score (nSPS) is 17.4. The maximum Gasteiger partial charge on any atom is 0.349 e. The molecule has 0 heterocycles. The average Bonchev–Trinajstić information content (AvgIpc) is 2.26. The smallest absolute Gasteiger partial charge is 0.349 e. The van der Waals surface area contributed by atoms with Gasteiger partial charge in [-0.1, -0.05) is 13.5 Å². The monoisotopic (exact) mass is 244 g/mol. The Morgan fingerprint density at radius 1 is 1.24 bits per heavy atom.